The van der Waals surface area contributed by atoms with Crippen LogP contribution >= 0.6 is 0 Å². The highest BCUT2D eigenvalue weighted by molar-refractivity contribution is 4.81. The van der Waals surface area contributed by atoms with Crippen molar-refractivity contribution in [2.45, 2.75) is 77.6 Å². The van der Waals surface area contributed by atoms with Crippen LogP contribution in [0.3, 0.4) is 0 Å². The van der Waals surface area contributed by atoms with Crippen molar-refractivity contribution in [2.75, 3.05) is 13.2 Å². The molecule has 0 saturated carbocycles. The number of nitriles is 1. The summed E-state index contributed by atoms with van der Waals surface area (Å²) in [6.45, 7) is 3.66. The molecule has 0 aliphatic heterocycles. The van der Waals surface area contributed by atoms with Gasteiger partial charge in [0.2, 0.25) is 0 Å². The van der Waals surface area contributed by atoms with Gasteiger partial charge in [-0.3, -0.25) is 0 Å². The minimum Gasteiger partial charge on any atom is -0.380 e. The Morgan fingerprint density at radius 3 is 2.11 bits per heavy atom. The largest absolute Gasteiger partial charge is 0.380 e. The number of ether oxygens (including phenoxy) is 1. The van der Waals surface area contributed by atoms with Gasteiger partial charge in [0.25, 0.3) is 0 Å². The number of allylic oxidation sites excluding steroid dienone is 2. The third kappa shape index (κ3) is 17.2. The van der Waals surface area contributed by atoms with Crippen LogP contribution in [0.15, 0.2) is 12.2 Å². The summed E-state index contributed by atoms with van der Waals surface area (Å²) >= 11 is 0. The Hall–Kier alpha value is -0.810. The van der Waals surface area contributed by atoms with E-state index in [-0.39, 0.29) is 0 Å². The molecule has 0 radical (unpaired) electrons. The SMILES string of the molecule is CCCCCCC/C=C/CCCCCOCCC#N. The number of hydrogen-bond acceptors (Lipinski definition) is 2. The van der Waals surface area contributed by atoms with Crippen LogP contribution in [-0.2, 0) is 4.74 Å². The molecule has 0 fully saturated rings. The van der Waals surface area contributed by atoms with E-state index < -0.39 is 0 Å². The Morgan fingerprint density at radius 2 is 1.47 bits per heavy atom. The Kier molecular flexibility index (Phi) is 16.5. The molecular formula is C17H31NO. The van der Waals surface area contributed by atoms with E-state index >= 15 is 0 Å². The minimum absolute atomic E-state index is 0.515. The van der Waals surface area contributed by atoms with E-state index in [4.69, 9.17) is 10.00 Å². The summed E-state index contributed by atoms with van der Waals surface area (Å²) in [7, 11) is 0. The van der Waals surface area contributed by atoms with Gasteiger partial charge in [0.05, 0.1) is 19.1 Å². The molecule has 0 aromatic rings. The summed E-state index contributed by atoms with van der Waals surface area (Å²) in [6.07, 6.45) is 18.1. The lowest BCUT2D eigenvalue weighted by Crippen LogP contribution is -1.95. The molecule has 19 heavy (non-hydrogen) atoms. The Bertz CT molecular complexity index is 230. The zero-order chi connectivity index (χ0) is 14.0. The van der Waals surface area contributed by atoms with Crippen LogP contribution in [0.25, 0.3) is 0 Å². The van der Waals surface area contributed by atoms with Crippen molar-refractivity contribution in [3.63, 3.8) is 0 Å². The maximum absolute atomic E-state index is 8.33. The topological polar surface area (TPSA) is 33.0 Å². The van der Waals surface area contributed by atoms with Gasteiger partial charge in [0.1, 0.15) is 0 Å². The minimum atomic E-state index is 0.515. The second-order valence-corrected chi connectivity index (χ2v) is 5.04. The van der Waals surface area contributed by atoms with E-state index in [0.29, 0.717) is 13.0 Å². The van der Waals surface area contributed by atoms with Crippen LogP contribution in [0.5, 0.6) is 0 Å². The summed E-state index contributed by atoms with van der Waals surface area (Å²) in [4.78, 5) is 0. The number of nitrogens with zero attached hydrogens (tertiary/aromatic N) is 1. The van der Waals surface area contributed by atoms with Crippen molar-refractivity contribution in [3.8, 4) is 6.07 Å². The summed E-state index contributed by atoms with van der Waals surface area (Å²) in [6, 6.07) is 2.08. The first kappa shape index (κ1) is 18.2. The highest BCUT2D eigenvalue weighted by Crippen LogP contribution is 2.06. The Morgan fingerprint density at radius 1 is 0.842 bits per heavy atom. The normalized spacial score (nSPS) is 10.9. The fraction of sp³-hybridized carbons (Fsp3) is 0.824. The smallest absolute Gasteiger partial charge is 0.0645 e. The van der Waals surface area contributed by atoms with Crippen LogP contribution in [0, 0.1) is 11.3 Å². The standard InChI is InChI=1S/C17H31NO/c1-2-3-4-5-6-7-8-9-10-11-12-13-16-19-17-14-15-18/h8-9H,2-7,10-14,16-17H2,1H3/b9-8+. The monoisotopic (exact) mass is 265 g/mol. The quantitative estimate of drug-likeness (QED) is 0.311. The second kappa shape index (κ2) is 17.2. The van der Waals surface area contributed by atoms with E-state index in [1.165, 1.54) is 57.8 Å². The molecule has 0 bridgehead atoms. The molecule has 0 rings (SSSR count). The molecule has 0 heterocycles. The van der Waals surface area contributed by atoms with E-state index in [1.54, 1.807) is 0 Å². The van der Waals surface area contributed by atoms with Gasteiger partial charge in [0.15, 0.2) is 0 Å². The molecule has 0 saturated heterocycles. The van der Waals surface area contributed by atoms with Crippen LogP contribution in [0.4, 0.5) is 0 Å². The maximum atomic E-state index is 8.33. The predicted octanol–water partition coefficient (Wildman–Crippen LogP) is 5.39. The lowest BCUT2D eigenvalue weighted by atomic mass is 10.1. The summed E-state index contributed by atoms with van der Waals surface area (Å²) in [5.41, 5.74) is 0. The lowest BCUT2D eigenvalue weighted by molar-refractivity contribution is 0.135. The molecule has 0 aliphatic carbocycles. The van der Waals surface area contributed by atoms with Gasteiger partial charge in [0, 0.05) is 6.61 Å². The van der Waals surface area contributed by atoms with Crippen molar-refractivity contribution in [2.24, 2.45) is 0 Å². The number of unbranched alkanes of at least 4 members (excludes halogenated alkanes) is 8. The van der Waals surface area contributed by atoms with E-state index in [9.17, 15) is 0 Å². The van der Waals surface area contributed by atoms with Crippen LogP contribution in [0.1, 0.15) is 77.6 Å². The summed E-state index contributed by atoms with van der Waals surface area (Å²) in [5.74, 6) is 0. The first-order chi connectivity index (χ1) is 9.41. The second-order valence-electron chi connectivity index (χ2n) is 5.04. The van der Waals surface area contributed by atoms with E-state index in [1.807, 2.05) is 0 Å². The number of hydrogen-bond donors (Lipinski definition) is 0. The molecule has 0 atom stereocenters. The summed E-state index contributed by atoms with van der Waals surface area (Å²) in [5, 5.41) is 8.33. The molecule has 0 aromatic carbocycles. The van der Waals surface area contributed by atoms with Gasteiger partial charge >= 0.3 is 0 Å². The fourth-order valence-electron chi connectivity index (χ4n) is 1.96. The van der Waals surface area contributed by atoms with Crippen LogP contribution in [-0.4, -0.2) is 13.2 Å². The highest BCUT2D eigenvalue weighted by Gasteiger charge is 1.90. The third-order valence-corrected chi connectivity index (χ3v) is 3.16. The lowest BCUT2D eigenvalue weighted by Gasteiger charge is -2.00. The first-order valence-corrected chi connectivity index (χ1v) is 8.01. The van der Waals surface area contributed by atoms with Crippen molar-refractivity contribution in [1.82, 2.24) is 0 Å². The molecule has 0 unspecified atom stereocenters. The third-order valence-electron chi connectivity index (χ3n) is 3.16. The zero-order valence-electron chi connectivity index (χ0n) is 12.7. The van der Waals surface area contributed by atoms with Crippen molar-refractivity contribution in [3.05, 3.63) is 12.2 Å². The fourth-order valence-corrected chi connectivity index (χ4v) is 1.96. The molecule has 2 heteroatoms. The highest BCUT2D eigenvalue weighted by atomic mass is 16.5. The Balaban J connectivity index is 3.03. The Labute approximate surface area is 119 Å². The molecule has 110 valence electrons. The van der Waals surface area contributed by atoms with Gasteiger partial charge in [-0.2, -0.15) is 5.26 Å². The average Bonchev–Trinajstić information content (AvgIpc) is 2.43. The summed E-state index contributed by atoms with van der Waals surface area (Å²) < 4.78 is 5.33. The van der Waals surface area contributed by atoms with E-state index in [0.717, 1.165) is 13.0 Å². The molecular weight excluding hydrogens is 234 g/mol. The molecule has 0 aliphatic rings. The molecule has 0 aromatic heterocycles. The van der Waals surface area contributed by atoms with Crippen molar-refractivity contribution in [1.29, 1.82) is 5.26 Å². The molecule has 0 N–H and O–H groups in total. The first-order valence-electron chi connectivity index (χ1n) is 8.01. The van der Waals surface area contributed by atoms with E-state index in [2.05, 4.69) is 25.1 Å². The van der Waals surface area contributed by atoms with Gasteiger partial charge in [-0.15, -0.1) is 0 Å². The van der Waals surface area contributed by atoms with Crippen molar-refractivity contribution >= 4 is 0 Å². The molecule has 2 nitrogen and oxygen atoms in total. The molecule has 0 spiro atoms. The predicted molar refractivity (Wildman–Crippen MR) is 82.0 cm³/mol. The van der Waals surface area contributed by atoms with Gasteiger partial charge in [-0.05, 0) is 32.1 Å². The zero-order valence-corrected chi connectivity index (χ0v) is 12.7. The average molecular weight is 265 g/mol. The van der Waals surface area contributed by atoms with Gasteiger partial charge in [-0.25, -0.2) is 0 Å². The van der Waals surface area contributed by atoms with Gasteiger partial charge < -0.3 is 4.74 Å². The van der Waals surface area contributed by atoms with Gasteiger partial charge in [-0.1, -0.05) is 51.2 Å². The number of rotatable bonds is 14. The van der Waals surface area contributed by atoms with Crippen LogP contribution in [0.2, 0.25) is 0 Å². The van der Waals surface area contributed by atoms with Crippen molar-refractivity contribution < 1.29 is 4.74 Å². The van der Waals surface area contributed by atoms with Crippen LogP contribution < -0.4 is 0 Å². The molecule has 0 amide bonds. The maximum Gasteiger partial charge on any atom is 0.0645 e.